The van der Waals surface area contributed by atoms with Gasteiger partial charge in [-0.3, -0.25) is 4.79 Å². The van der Waals surface area contributed by atoms with Crippen LogP contribution in [0.4, 0.5) is 0 Å². The third kappa shape index (κ3) is 6.05. The van der Waals surface area contributed by atoms with E-state index in [2.05, 4.69) is 5.32 Å². The summed E-state index contributed by atoms with van der Waals surface area (Å²) in [6.07, 6.45) is 0.586. The molecule has 0 bridgehead atoms. The number of hydrogen-bond donors (Lipinski definition) is 1. The third-order valence-electron chi connectivity index (χ3n) is 3.67. The normalized spacial score (nSPS) is 10.2. The van der Waals surface area contributed by atoms with Gasteiger partial charge in [0, 0.05) is 11.6 Å². The van der Waals surface area contributed by atoms with E-state index in [1.807, 2.05) is 12.1 Å². The maximum atomic E-state index is 12.0. The number of esters is 1. The van der Waals surface area contributed by atoms with Crippen molar-refractivity contribution >= 4 is 35.1 Å². The highest BCUT2D eigenvalue weighted by atomic mass is 35.5. The van der Waals surface area contributed by atoms with Gasteiger partial charge in [-0.05, 0) is 42.3 Å². The van der Waals surface area contributed by atoms with Crippen molar-refractivity contribution in [3.63, 3.8) is 0 Å². The Bertz CT molecular complexity index is 826. The van der Waals surface area contributed by atoms with Crippen LogP contribution in [0.5, 0.6) is 11.5 Å². The molecule has 1 N–H and O–H groups in total. The van der Waals surface area contributed by atoms with Crippen LogP contribution >= 0.6 is 23.2 Å². The van der Waals surface area contributed by atoms with E-state index in [4.69, 9.17) is 37.4 Å². The fourth-order valence-electron chi connectivity index (χ4n) is 2.30. The molecular weight excluding hydrogens is 393 g/mol. The second-order valence-electron chi connectivity index (χ2n) is 5.49. The predicted molar refractivity (Wildman–Crippen MR) is 103 cm³/mol. The Labute approximate surface area is 167 Å². The van der Waals surface area contributed by atoms with Gasteiger partial charge in [-0.2, -0.15) is 0 Å². The lowest BCUT2D eigenvalue weighted by Gasteiger charge is -2.10. The molecule has 0 saturated heterocycles. The smallest absolute Gasteiger partial charge is 0.340 e. The molecule has 0 aliphatic rings. The van der Waals surface area contributed by atoms with Crippen LogP contribution in [0.2, 0.25) is 10.0 Å². The molecule has 0 spiro atoms. The molecule has 0 fully saturated rings. The van der Waals surface area contributed by atoms with E-state index in [0.29, 0.717) is 29.5 Å². The van der Waals surface area contributed by atoms with Crippen LogP contribution in [0.3, 0.4) is 0 Å². The summed E-state index contributed by atoms with van der Waals surface area (Å²) in [5.41, 5.74) is 1.12. The molecule has 2 aromatic carbocycles. The lowest BCUT2D eigenvalue weighted by Crippen LogP contribution is -2.30. The lowest BCUT2D eigenvalue weighted by atomic mass is 10.1. The average Bonchev–Trinajstić information content (AvgIpc) is 2.66. The van der Waals surface area contributed by atoms with E-state index in [0.717, 1.165) is 5.56 Å². The molecule has 0 heterocycles. The van der Waals surface area contributed by atoms with Crippen LogP contribution in [0.1, 0.15) is 15.9 Å². The van der Waals surface area contributed by atoms with Crippen molar-refractivity contribution in [2.75, 3.05) is 27.4 Å². The van der Waals surface area contributed by atoms with Gasteiger partial charge in [0.2, 0.25) is 0 Å². The van der Waals surface area contributed by atoms with Crippen molar-refractivity contribution in [3.8, 4) is 11.5 Å². The van der Waals surface area contributed by atoms with Crippen molar-refractivity contribution in [2.24, 2.45) is 0 Å². The number of carbonyl (C=O) groups is 2. The number of rotatable bonds is 8. The van der Waals surface area contributed by atoms with Gasteiger partial charge in [0.05, 0.1) is 24.8 Å². The summed E-state index contributed by atoms with van der Waals surface area (Å²) < 4.78 is 15.4. The van der Waals surface area contributed by atoms with Crippen LogP contribution in [0, 0.1) is 0 Å². The highest BCUT2D eigenvalue weighted by Crippen LogP contribution is 2.27. The summed E-state index contributed by atoms with van der Waals surface area (Å²) in [4.78, 5) is 23.8. The number of halogens is 2. The summed E-state index contributed by atoms with van der Waals surface area (Å²) >= 11 is 11.7. The number of methoxy groups -OCH3 is 2. The van der Waals surface area contributed by atoms with Crippen LogP contribution in [-0.4, -0.2) is 39.2 Å². The molecule has 27 heavy (non-hydrogen) atoms. The molecule has 1 amide bonds. The van der Waals surface area contributed by atoms with E-state index < -0.39 is 18.5 Å². The first kappa shape index (κ1) is 20.9. The molecule has 8 heteroatoms. The Morgan fingerprint density at radius 2 is 1.74 bits per heavy atom. The standard InChI is InChI=1S/C19H19Cl2NO5/c1-25-16-6-3-12(9-17(16)26-2)7-8-22-18(23)11-27-19(24)14-5-4-13(20)10-15(14)21/h3-6,9-10H,7-8,11H2,1-2H3,(H,22,23). The van der Waals surface area contributed by atoms with Gasteiger partial charge in [-0.1, -0.05) is 29.3 Å². The Hall–Kier alpha value is -2.44. The fraction of sp³-hybridized carbons (Fsp3) is 0.263. The minimum Gasteiger partial charge on any atom is -0.493 e. The zero-order valence-electron chi connectivity index (χ0n) is 14.9. The molecule has 0 aliphatic carbocycles. The summed E-state index contributed by atoms with van der Waals surface area (Å²) in [6.45, 7) is -0.0166. The minimum absolute atomic E-state index is 0.152. The van der Waals surface area contributed by atoms with Crippen LogP contribution < -0.4 is 14.8 Å². The van der Waals surface area contributed by atoms with Gasteiger partial charge in [0.25, 0.3) is 5.91 Å². The monoisotopic (exact) mass is 411 g/mol. The second-order valence-corrected chi connectivity index (χ2v) is 6.33. The Balaban J connectivity index is 1.78. The Morgan fingerprint density at radius 1 is 1.00 bits per heavy atom. The topological polar surface area (TPSA) is 73.9 Å². The van der Waals surface area contributed by atoms with Crippen molar-refractivity contribution in [3.05, 3.63) is 57.6 Å². The van der Waals surface area contributed by atoms with E-state index in [1.54, 1.807) is 20.3 Å². The van der Waals surface area contributed by atoms with Gasteiger partial charge < -0.3 is 19.5 Å². The minimum atomic E-state index is -0.688. The maximum absolute atomic E-state index is 12.0. The summed E-state index contributed by atoms with van der Waals surface area (Å²) in [5, 5.41) is 3.26. The van der Waals surface area contributed by atoms with E-state index in [-0.39, 0.29) is 10.6 Å². The summed E-state index contributed by atoms with van der Waals surface area (Å²) in [7, 11) is 3.13. The van der Waals surface area contributed by atoms with Gasteiger partial charge in [-0.25, -0.2) is 4.79 Å². The highest BCUT2D eigenvalue weighted by molar-refractivity contribution is 6.36. The molecule has 0 aromatic heterocycles. The molecule has 144 valence electrons. The van der Waals surface area contributed by atoms with Gasteiger partial charge in [0.15, 0.2) is 18.1 Å². The number of hydrogen-bond acceptors (Lipinski definition) is 5. The average molecular weight is 412 g/mol. The highest BCUT2D eigenvalue weighted by Gasteiger charge is 2.14. The molecule has 0 radical (unpaired) electrons. The van der Waals surface area contributed by atoms with Crippen molar-refractivity contribution in [1.82, 2.24) is 5.32 Å². The third-order valence-corrected chi connectivity index (χ3v) is 4.22. The van der Waals surface area contributed by atoms with Crippen molar-refractivity contribution in [1.29, 1.82) is 0 Å². The summed E-state index contributed by atoms with van der Waals surface area (Å²) in [6, 6.07) is 9.93. The summed E-state index contributed by atoms with van der Waals surface area (Å²) in [5.74, 6) is 0.161. The number of amides is 1. The first-order valence-corrected chi connectivity index (χ1v) is 8.80. The van der Waals surface area contributed by atoms with E-state index in [1.165, 1.54) is 18.2 Å². The molecule has 2 aromatic rings. The zero-order valence-corrected chi connectivity index (χ0v) is 16.4. The van der Waals surface area contributed by atoms with Crippen LogP contribution in [-0.2, 0) is 16.0 Å². The first-order valence-electron chi connectivity index (χ1n) is 8.04. The number of carbonyl (C=O) groups excluding carboxylic acids is 2. The number of benzene rings is 2. The Morgan fingerprint density at radius 3 is 2.41 bits per heavy atom. The largest absolute Gasteiger partial charge is 0.493 e. The second kappa shape index (κ2) is 10.0. The Kier molecular flexibility index (Phi) is 7.76. The first-order chi connectivity index (χ1) is 12.9. The molecule has 6 nitrogen and oxygen atoms in total. The predicted octanol–water partition coefficient (Wildman–Crippen LogP) is 3.53. The van der Waals surface area contributed by atoms with Gasteiger partial charge in [-0.15, -0.1) is 0 Å². The lowest BCUT2D eigenvalue weighted by molar-refractivity contribution is -0.124. The molecule has 0 atom stereocenters. The molecular formula is C19H19Cl2NO5. The maximum Gasteiger partial charge on any atom is 0.340 e. The van der Waals surface area contributed by atoms with E-state index >= 15 is 0 Å². The van der Waals surface area contributed by atoms with Gasteiger partial charge >= 0.3 is 5.97 Å². The molecule has 0 aliphatic heterocycles. The quantitative estimate of drug-likeness (QED) is 0.672. The van der Waals surface area contributed by atoms with Gasteiger partial charge in [0.1, 0.15) is 0 Å². The molecule has 2 rings (SSSR count). The van der Waals surface area contributed by atoms with Crippen molar-refractivity contribution in [2.45, 2.75) is 6.42 Å². The molecule has 0 saturated carbocycles. The van der Waals surface area contributed by atoms with Crippen LogP contribution in [0.15, 0.2) is 36.4 Å². The number of nitrogens with one attached hydrogen (secondary N) is 1. The SMILES string of the molecule is COc1ccc(CCNC(=O)COC(=O)c2ccc(Cl)cc2Cl)cc1OC. The van der Waals surface area contributed by atoms with Crippen molar-refractivity contribution < 1.29 is 23.8 Å². The zero-order chi connectivity index (χ0) is 19.8. The van der Waals surface area contributed by atoms with E-state index in [9.17, 15) is 9.59 Å². The van der Waals surface area contributed by atoms with Crippen LogP contribution in [0.25, 0.3) is 0 Å². The number of ether oxygens (including phenoxy) is 3. The fourth-order valence-corrected chi connectivity index (χ4v) is 2.78. The molecule has 0 unspecified atom stereocenters.